The van der Waals surface area contributed by atoms with E-state index in [1.54, 1.807) is 0 Å². The Balaban J connectivity index is 2.05. The Morgan fingerprint density at radius 1 is 1.28 bits per heavy atom. The number of hydrogen-bond acceptors (Lipinski definition) is 2. The van der Waals surface area contributed by atoms with Crippen molar-refractivity contribution in [2.45, 2.75) is 50.9 Å². The molecule has 1 fully saturated rings. The highest BCUT2D eigenvalue weighted by Crippen LogP contribution is 2.30. The number of thioether (sulfide) groups is 1. The lowest BCUT2D eigenvalue weighted by Gasteiger charge is -2.27. The highest BCUT2D eigenvalue weighted by atomic mass is 32.2. The summed E-state index contributed by atoms with van der Waals surface area (Å²) in [6.45, 7) is 6.97. The summed E-state index contributed by atoms with van der Waals surface area (Å²) >= 11 is 2.10. The Hall–Kier alpha value is -0.470. The van der Waals surface area contributed by atoms with E-state index in [9.17, 15) is 0 Å². The third-order valence-corrected chi connectivity index (χ3v) is 5.03. The van der Waals surface area contributed by atoms with E-state index in [1.807, 2.05) is 0 Å². The largest absolute Gasteiger partial charge is 0.306 e. The van der Waals surface area contributed by atoms with Gasteiger partial charge in [0.25, 0.3) is 0 Å². The molecule has 1 aliphatic rings. The SMILES string of the molecule is CC(C)CC(NC1CCSC1C)c1ccccc1. The molecule has 1 aliphatic heterocycles. The van der Waals surface area contributed by atoms with E-state index >= 15 is 0 Å². The topological polar surface area (TPSA) is 12.0 Å². The van der Waals surface area contributed by atoms with Crippen LogP contribution in [0, 0.1) is 5.92 Å². The van der Waals surface area contributed by atoms with Crippen LogP contribution < -0.4 is 5.32 Å². The molecule has 1 saturated heterocycles. The molecule has 0 aromatic heterocycles. The van der Waals surface area contributed by atoms with Crippen LogP contribution in [-0.2, 0) is 0 Å². The molecule has 0 saturated carbocycles. The van der Waals surface area contributed by atoms with Gasteiger partial charge in [-0.15, -0.1) is 0 Å². The molecule has 0 amide bonds. The van der Waals surface area contributed by atoms with Crippen LogP contribution in [0.25, 0.3) is 0 Å². The molecular weight excluding hydrogens is 238 g/mol. The van der Waals surface area contributed by atoms with E-state index in [0.717, 1.165) is 11.2 Å². The van der Waals surface area contributed by atoms with Crippen LogP contribution in [0.4, 0.5) is 0 Å². The van der Waals surface area contributed by atoms with E-state index in [-0.39, 0.29) is 0 Å². The molecule has 0 radical (unpaired) electrons. The van der Waals surface area contributed by atoms with Crippen molar-refractivity contribution in [2.24, 2.45) is 5.92 Å². The van der Waals surface area contributed by atoms with E-state index in [4.69, 9.17) is 0 Å². The average molecular weight is 263 g/mol. The minimum Gasteiger partial charge on any atom is -0.306 e. The predicted molar refractivity (Wildman–Crippen MR) is 82.1 cm³/mol. The maximum atomic E-state index is 3.89. The average Bonchev–Trinajstić information content (AvgIpc) is 2.75. The molecule has 0 bridgehead atoms. The molecular formula is C16H25NS. The number of rotatable bonds is 5. The summed E-state index contributed by atoms with van der Waals surface area (Å²) in [5.74, 6) is 2.04. The van der Waals surface area contributed by atoms with Crippen LogP contribution >= 0.6 is 11.8 Å². The van der Waals surface area contributed by atoms with E-state index in [0.29, 0.717) is 12.1 Å². The van der Waals surface area contributed by atoms with Crippen molar-refractivity contribution in [1.29, 1.82) is 0 Å². The quantitative estimate of drug-likeness (QED) is 0.852. The molecule has 18 heavy (non-hydrogen) atoms. The monoisotopic (exact) mass is 263 g/mol. The smallest absolute Gasteiger partial charge is 0.0325 e. The summed E-state index contributed by atoms with van der Waals surface area (Å²) in [6.07, 6.45) is 2.53. The van der Waals surface area contributed by atoms with Crippen LogP contribution in [0.1, 0.15) is 45.2 Å². The van der Waals surface area contributed by atoms with Crippen LogP contribution in [0.15, 0.2) is 30.3 Å². The Morgan fingerprint density at radius 3 is 2.56 bits per heavy atom. The first-order chi connectivity index (χ1) is 8.66. The van der Waals surface area contributed by atoms with E-state index < -0.39 is 0 Å². The minimum absolute atomic E-state index is 0.511. The molecule has 0 aliphatic carbocycles. The Kier molecular flexibility index (Phi) is 5.13. The first-order valence-electron chi connectivity index (χ1n) is 7.09. The normalized spacial score (nSPS) is 25.6. The van der Waals surface area contributed by atoms with Crippen LogP contribution in [0.2, 0.25) is 0 Å². The van der Waals surface area contributed by atoms with Gasteiger partial charge in [0, 0.05) is 17.3 Å². The summed E-state index contributed by atoms with van der Waals surface area (Å²) in [6, 6.07) is 12.1. The van der Waals surface area contributed by atoms with Gasteiger partial charge in [0.2, 0.25) is 0 Å². The Labute approximate surface area is 116 Å². The molecule has 1 aromatic carbocycles. The van der Waals surface area contributed by atoms with Crippen molar-refractivity contribution in [3.63, 3.8) is 0 Å². The second kappa shape index (κ2) is 6.63. The first kappa shape index (κ1) is 14.0. The molecule has 3 atom stereocenters. The summed E-state index contributed by atoms with van der Waals surface area (Å²) in [4.78, 5) is 0. The molecule has 2 heteroatoms. The zero-order chi connectivity index (χ0) is 13.0. The second-order valence-corrected chi connectivity index (χ2v) is 7.22. The van der Waals surface area contributed by atoms with Crippen molar-refractivity contribution in [3.05, 3.63) is 35.9 Å². The molecule has 1 N–H and O–H groups in total. The van der Waals surface area contributed by atoms with Gasteiger partial charge in [-0.05, 0) is 30.1 Å². The molecule has 100 valence electrons. The van der Waals surface area contributed by atoms with Gasteiger partial charge >= 0.3 is 0 Å². The summed E-state index contributed by atoms with van der Waals surface area (Å²) < 4.78 is 0. The molecule has 1 aromatic rings. The van der Waals surface area contributed by atoms with E-state index in [2.05, 4.69) is 68.2 Å². The third-order valence-electron chi connectivity index (χ3n) is 3.70. The van der Waals surface area contributed by atoms with Gasteiger partial charge in [-0.3, -0.25) is 0 Å². The predicted octanol–water partition coefficient (Wildman–Crippen LogP) is 4.26. The molecule has 1 nitrogen and oxygen atoms in total. The highest BCUT2D eigenvalue weighted by molar-refractivity contribution is 8.00. The zero-order valence-corrected chi connectivity index (χ0v) is 12.5. The number of nitrogens with one attached hydrogen (secondary N) is 1. The Morgan fingerprint density at radius 2 is 2.00 bits per heavy atom. The standard InChI is InChI=1S/C16H25NS/c1-12(2)11-16(14-7-5-4-6-8-14)17-15-9-10-18-13(15)3/h4-8,12-13,15-17H,9-11H2,1-3H3. The fourth-order valence-electron chi connectivity index (χ4n) is 2.67. The maximum Gasteiger partial charge on any atom is 0.0325 e. The van der Waals surface area contributed by atoms with Crippen molar-refractivity contribution in [1.82, 2.24) is 5.32 Å². The van der Waals surface area contributed by atoms with Gasteiger partial charge in [-0.2, -0.15) is 11.8 Å². The van der Waals surface area contributed by atoms with Crippen molar-refractivity contribution in [2.75, 3.05) is 5.75 Å². The van der Waals surface area contributed by atoms with Crippen molar-refractivity contribution < 1.29 is 0 Å². The Bertz CT molecular complexity index is 349. The van der Waals surface area contributed by atoms with Gasteiger partial charge in [0.15, 0.2) is 0 Å². The van der Waals surface area contributed by atoms with Crippen LogP contribution in [-0.4, -0.2) is 17.0 Å². The van der Waals surface area contributed by atoms with Gasteiger partial charge in [0.05, 0.1) is 0 Å². The van der Waals surface area contributed by atoms with Crippen molar-refractivity contribution >= 4 is 11.8 Å². The summed E-state index contributed by atoms with van der Waals surface area (Å²) in [5.41, 5.74) is 1.44. The highest BCUT2D eigenvalue weighted by Gasteiger charge is 2.26. The minimum atomic E-state index is 0.511. The van der Waals surface area contributed by atoms with Gasteiger partial charge in [-0.25, -0.2) is 0 Å². The van der Waals surface area contributed by atoms with Gasteiger partial charge in [0.1, 0.15) is 0 Å². The van der Waals surface area contributed by atoms with Crippen LogP contribution in [0.5, 0.6) is 0 Å². The maximum absolute atomic E-state index is 3.89. The number of benzene rings is 1. The number of hydrogen-bond donors (Lipinski definition) is 1. The van der Waals surface area contributed by atoms with Gasteiger partial charge < -0.3 is 5.32 Å². The van der Waals surface area contributed by atoms with E-state index in [1.165, 1.54) is 24.2 Å². The first-order valence-corrected chi connectivity index (χ1v) is 8.14. The summed E-state index contributed by atoms with van der Waals surface area (Å²) in [7, 11) is 0. The fraction of sp³-hybridized carbons (Fsp3) is 0.625. The molecule has 0 spiro atoms. The van der Waals surface area contributed by atoms with Crippen molar-refractivity contribution in [3.8, 4) is 0 Å². The molecule has 3 unspecified atom stereocenters. The fourth-order valence-corrected chi connectivity index (χ4v) is 3.87. The van der Waals surface area contributed by atoms with Gasteiger partial charge in [-0.1, -0.05) is 51.1 Å². The van der Waals surface area contributed by atoms with Crippen LogP contribution in [0.3, 0.4) is 0 Å². The second-order valence-electron chi connectivity index (χ2n) is 5.73. The lowest BCUT2D eigenvalue weighted by atomic mass is 9.95. The lowest BCUT2D eigenvalue weighted by Crippen LogP contribution is -2.37. The summed E-state index contributed by atoms with van der Waals surface area (Å²) in [5, 5.41) is 4.65. The molecule has 2 rings (SSSR count). The molecule has 1 heterocycles. The lowest BCUT2D eigenvalue weighted by molar-refractivity contribution is 0.376. The zero-order valence-electron chi connectivity index (χ0n) is 11.7. The third kappa shape index (κ3) is 3.76.